The topological polar surface area (TPSA) is 93.7 Å². The van der Waals surface area contributed by atoms with Gasteiger partial charge in [0.15, 0.2) is 12.7 Å². The lowest BCUT2D eigenvalue weighted by Gasteiger charge is -2.14. The Morgan fingerprint density at radius 3 is 2.52 bits per heavy atom. The molecule has 1 aromatic carbocycles. The highest BCUT2D eigenvalue weighted by Crippen LogP contribution is 2.14. The van der Waals surface area contributed by atoms with Crippen LogP contribution in [0.5, 0.6) is 5.75 Å². The van der Waals surface area contributed by atoms with Crippen LogP contribution in [0, 0.1) is 6.92 Å². The predicted molar refractivity (Wildman–Crippen MR) is 79.8 cm³/mol. The molecule has 1 rings (SSSR count). The third kappa shape index (κ3) is 8.58. The molecule has 1 atom stereocenters. The standard InChI is InChI=1S/C15H17F3N2O5/c1-9-4-3-5-11(6-9)25-10(2)13(22)24-7-12(21)20-14(23)19-8-15(16,17)18/h3-6,10H,7-8H2,1-2H3,(H2,19,20,21,23)/t10-/m0/s1. The lowest BCUT2D eigenvalue weighted by molar-refractivity contribution is -0.154. The largest absolute Gasteiger partial charge is 0.479 e. The summed E-state index contributed by atoms with van der Waals surface area (Å²) < 4.78 is 45.6. The van der Waals surface area contributed by atoms with Gasteiger partial charge < -0.3 is 14.8 Å². The maximum Gasteiger partial charge on any atom is 0.405 e. The zero-order valence-electron chi connectivity index (χ0n) is 13.5. The Balaban J connectivity index is 2.34. The Morgan fingerprint density at radius 1 is 1.24 bits per heavy atom. The van der Waals surface area contributed by atoms with Crippen LogP contribution in [0.1, 0.15) is 12.5 Å². The summed E-state index contributed by atoms with van der Waals surface area (Å²) in [6, 6.07) is 5.55. The number of urea groups is 1. The van der Waals surface area contributed by atoms with E-state index in [1.165, 1.54) is 12.2 Å². The molecule has 0 aliphatic carbocycles. The number of halogens is 3. The molecule has 0 bridgehead atoms. The van der Waals surface area contributed by atoms with Crippen LogP contribution in [0.3, 0.4) is 0 Å². The van der Waals surface area contributed by atoms with Crippen molar-refractivity contribution < 1.29 is 37.0 Å². The number of hydrogen-bond acceptors (Lipinski definition) is 5. The minimum Gasteiger partial charge on any atom is -0.479 e. The second-order valence-corrected chi connectivity index (χ2v) is 5.03. The van der Waals surface area contributed by atoms with Crippen LogP contribution >= 0.6 is 0 Å². The maximum atomic E-state index is 11.9. The molecule has 7 nitrogen and oxygen atoms in total. The van der Waals surface area contributed by atoms with Gasteiger partial charge >= 0.3 is 18.2 Å². The van der Waals surface area contributed by atoms with Gasteiger partial charge in [0, 0.05) is 0 Å². The molecule has 0 heterocycles. The number of rotatable bonds is 6. The van der Waals surface area contributed by atoms with E-state index in [1.807, 2.05) is 13.0 Å². The van der Waals surface area contributed by atoms with Crippen molar-refractivity contribution in [2.24, 2.45) is 0 Å². The molecule has 0 aliphatic rings. The van der Waals surface area contributed by atoms with Crippen LogP contribution in [0.25, 0.3) is 0 Å². The molecule has 0 unspecified atom stereocenters. The summed E-state index contributed by atoms with van der Waals surface area (Å²) in [6.07, 6.45) is -5.62. The van der Waals surface area contributed by atoms with Gasteiger partial charge in [-0.3, -0.25) is 10.1 Å². The minimum absolute atomic E-state index is 0.431. The first-order chi connectivity index (χ1) is 11.6. The molecule has 0 fully saturated rings. The average molecular weight is 362 g/mol. The van der Waals surface area contributed by atoms with Gasteiger partial charge in [-0.2, -0.15) is 13.2 Å². The SMILES string of the molecule is Cc1cccc(O[C@@H](C)C(=O)OCC(=O)NC(=O)NCC(F)(F)F)c1. The number of esters is 1. The maximum absolute atomic E-state index is 11.9. The Bertz CT molecular complexity index is 634. The third-order valence-electron chi connectivity index (χ3n) is 2.68. The number of benzene rings is 1. The molecule has 0 spiro atoms. The summed E-state index contributed by atoms with van der Waals surface area (Å²) in [4.78, 5) is 34.1. The van der Waals surface area contributed by atoms with Crippen LogP contribution in [0.2, 0.25) is 0 Å². The summed E-state index contributed by atoms with van der Waals surface area (Å²) in [7, 11) is 0. The van der Waals surface area contributed by atoms with Crippen LogP contribution in [0.15, 0.2) is 24.3 Å². The number of carbonyl (C=O) groups excluding carboxylic acids is 3. The average Bonchev–Trinajstić information content (AvgIpc) is 2.50. The van der Waals surface area contributed by atoms with E-state index < -0.39 is 43.3 Å². The smallest absolute Gasteiger partial charge is 0.405 e. The number of imide groups is 1. The Labute approximate surface area is 141 Å². The van der Waals surface area contributed by atoms with Crippen LogP contribution in [0.4, 0.5) is 18.0 Å². The van der Waals surface area contributed by atoms with Gasteiger partial charge in [-0.25, -0.2) is 9.59 Å². The van der Waals surface area contributed by atoms with Gasteiger partial charge in [0.1, 0.15) is 12.3 Å². The number of carbonyl (C=O) groups is 3. The predicted octanol–water partition coefficient (Wildman–Crippen LogP) is 1.69. The van der Waals surface area contributed by atoms with E-state index in [-0.39, 0.29) is 0 Å². The molecular weight excluding hydrogens is 345 g/mol. The van der Waals surface area contributed by atoms with E-state index in [9.17, 15) is 27.6 Å². The summed E-state index contributed by atoms with van der Waals surface area (Å²) in [6.45, 7) is 0.815. The molecule has 0 aromatic heterocycles. The van der Waals surface area contributed by atoms with Gasteiger partial charge in [-0.15, -0.1) is 0 Å². The fourth-order valence-corrected chi connectivity index (χ4v) is 1.58. The minimum atomic E-state index is -4.60. The van der Waals surface area contributed by atoms with E-state index in [0.29, 0.717) is 5.75 Å². The second-order valence-electron chi connectivity index (χ2n) is 5.03. The first kappa shape index (κ1) is 20.3. The first-order valence-corrected chi connectivity index (χ1v) is 7.11. The Kier molecular flexibility index (Phi) is 7.22. The van der Waals surface area contributed by atoms with Gasteiger partial charge in [0.05, 0.1) is 0 Å². The van der Waals surface area contributed by atoms with Crippen molar-refractivity contribution in [3.8, 4) is 5.75 Å². The van der Waals surface area contributed by atoms with Gasteiger partial charge in [-0.05, 0) is 31.5 Å². The van der Waals surface area contributed by atoms with Gasteiger partial charge in [0.25, 0.3) is 5.91 Å². The van der Waals surface area contributed by atoms with Crippen molar-refractivity contribution in [3.63, 3.8) is 0 Å². The molecule has 0 aliphatic heterocycles. The number of amides is 3. The highest BCUT2D eigenvalue weighted by atomic mass is 19.4. The van der Waals surface area contributed by atoms with Crippen molar-refractivity contribution in [2.75, 3.05) is 13.2 Å². The lowest BCUT2D eigenvalue weighted by Crippen LogP contribution is -2.45. The molecule has 3 amide bonds. The fraction of sp³-hybridized carbons (Fsp3) is 0.400. The van der Waals surface area contributed by atoms with E-state index >= 15 is 0 Å². The summed E-state index contributed by atoms with van der Waals surface area (Å²) in [5.74, 6) is -1.51. The Morgan fingerprint density at radius 2 is 1.92 bits per heavy atom. The molecule has 10 heteroatoms. The number of nitrogens with one attached hydrogen (secondary N) is 2. The zero-order chi connectivity index (χ0) is 19.0. The third-order valence-corrected chi connectivity index (χ3v) is 2.68. The van der Waals surface area contributed by atoms with Crippen molar-refractivity contribution in [2.45, 2.75) is 26.1 Å². The number of alkyl halides is 3. The summed E-state index contributed by atoms with van der Waals surface area (Å²) in [5, 5.41) is 3.04. The molecule has 25 heavy (non-hydrogen) atoms. The molecule has 1 aromatic rings. The highest BCUT2D eigenvalue weighted by molar-refractivity contribution is 5.95. The van der Waals surface area contributed by atoms with Crippen LogP contribution in [-0.4, -0.2) is 43.3 Å². The summed E-state index contributed by atoms with van der Waals surface area (Å²) >= 11 is 0. The van der Waals surface area contributed by atoms with E-state index in [2.05, 4.69) is 4.74 Å². The monoisotopic (exact) mass is 362 g/mol. The van der Waals surface area contributed by atoms with Crippen molar-refractivity contribution in [1.29, 1.82) is 0 Å². The quantitative estimate of drug-likeness (QED) is 0.751. The molecule has 0 saturated carbocycles. The van der Waals surface area contributed by atoms with Crippen LogP contribution in [-0.2, 0) is 14.3 Å². The van der Waals surface area contributed by atoms with E-state index in [0.717, 1.165) is 5.56 Å². The normalized spacial score (nSPS) is 12.0. The molecular formula is C15H17F3N2O5. The van der Waals surface area contributed by atoms with Crippen molar-refractivity contribution in [3.05, 3.63) is 29.8 Å². The van der Waals surface area contributed by atoms with Crippen molar-refractivity contribution in [1.82, 2.24) is 10.6 Å². The lowest BCUT2D eigenvalue weighted by atomic mass is 10.2. The highest BCUT2D eigenvalue weighted by Gasteiger charge is 2.28. The summed E-state index contributed by atoms with van der Waals surface area (Å²) in [5.41, 5.74) is 0.919. The van der Waals surface area contributed by atoms with E-state index in [1.54, 1.807) is 23.5 Å². The van der Waals surface area contributed by atoms with E-state index in [4.69, 9.17) is 4.74 Å². The zero-order valence-corrected chi connectivity index (χ0v) is 13.5. The second kappa shape index (κ2) is 8.90. The van der Waals surface area contributed by atoms with Gasteiger partial charge in [-0.1, -0.05) is 12.1 Å². The Hall–Kier alpha value is -2.78. The first-order valence-electron chi connectivity index (χ1n) is 7.11. The molecule has 138 valence electrons. The molecule has 0 radical (unpaired) electrons. The molecule has 0 saturated heterocycles. The number of hydrogen-bond donors (Lipinski definition) is 2. The van der Waals surface area contributed by atoms with Gasteiger partial charge in [0.2, 0.25) is 0 Å². The number of aryl methyl sites for hydroxylation is 1. The van der Waals surface area contributed by atoms with Crippen LogP contribution < -0.4 is 15.4 Å². The number of ether oxygens (including phenoxy) is 2. The molecule has 2 N–H and O–H groups in total. The van der Waals surface area contributed by atoms with Crippen molar-refractivity contribution >= 4 is 17.9 Å². The fourth-order valence-electron chi connectivity index (χ4n) is 1.58.